The van der Waals surface area contributed by atoms with Gasteiger partial charge < -0.3 is 9.80 Å². The van der Waals surface area contributed by atoms with E-state index in [0.717, 1.165) is 11.6 Å². The third kappa shape index (κ3) is 4.66. The lowest BCUT2D eigenvalue weighted by Gasteiger charge is -2.39. The zero-order valence-corrected chi connectivity index (χ0v) is 17.7. The quantitative estimate of drug-likeness (QED) is 0.617. The molecule has 0 saturated carbocycles. The molecule has 164 valence electrons. The summed E-state index contributed by atoms with van der Waals surface area (Å²) in [6.07, 6.45) is 1.97. The molecule has 1 aliphatic rings. The minimum atomic E-state index is -0.704. The van der Waals surface area contributed by atoms with Gasteiger partial charge in [0.15, 0.2) is 0 Å². The van der Waals surface area contributed by atoms with E-state index in [-0.39, 0.29) is 24.7 Å². The van der Waals surface area contributed by atoms with E-state index in [1.807, 2.05) is 18.2 Å². The third-order valence-electron chi connectivity index (χ3n) is 5.70. The molecule has 3 aromatic rings. The number of rotatable bonds is 5. The first-order valence-electron chi connectivity index (χ1n) is 10.4. The van der Waals surface area contributed by atoms with Gasteiger partial charge in [-0.25, -0.2) is 8.78 Å². The van der Waals surface area contributed by atoms with Crippen LogP contribution in [0.2, 0.25) is 0 Å². The Hall–Kier alpha value is -3.61. The number of halogens is 2. The van der Waals surface area contributed by atoms with E-state index in [1.54, 1.807) is 47.3 Å². The average molecular weight is 435 g/mol. The summed E-state index contributed by atoms with van der Waals surface area (Å²) in [5.74, 6) is -1.68. The normalized spacial score (nSPS) is 16.3. The lowest BCUT2D eigenvalue weighted by molar-refractivity contribution is -0.149. The second-order valence-electron chi connectivity index (χ2n) is 7.88. The molecule has 1 atom stereocenters. The zero-order valence-electron chi connectivity index (χ0n) is 17.7. The van der Waals surface area contributed by atoms with Gasteiger partial charge in [-0.05, 0) is 41.0 Å². The van der Waals surface area contributed by atoms with Gasteiger partial charge in [0, 0.05) is 44.5 Å². The number of piperazine rings is 1. The van der Waals surface area contributed by atoms with E-state index < -0.39 is 17.7 Å². The summed E-state index contributed by atoms with van der Waals surface area (Å²) in [7, 11) is 1.71. The molecule has 1 saturated heterocycles. The van der Waals surface area contributed by atoms with Crippen LogP contribution in [0.3, 0.4) is 0 Å². The molecular weight excluding hydrogens is 412 g/mol. The van der Waals surface area contributed by atoms with Gasteiger partial charge in [-0.2, -0.15) is 0 Å². The molecule has 4 rings (SSSR count). The Morgan fingerprint density at radius 3 is 2.47 bits per heavy atom. The lowest BCUT2D eigenvalue weighted by Crippen LogP contribution is -2.58. The number of carbonyl (C=O) groups is 2. The van der Waals surface area contributed by atoms with Crippen molar-refractivity contribution in [3.63, 3.8) is 0 Å². The summed E-state index contributed by atoms with van der Waals surface area (Å²) in [5, 5.41) is 0. The lowest BCUT2D eigenvalue weighted by atomic mass is 9.93. The molecule has 1 aliphatic heterocycles. The van der Waals surface area contributed by atoms with Crippen LogP contribution >= 0.6 is 0 Å². The number of pyridine rings is 1. The number of benzene rings is 2. The number of carbonyl (C=O) groups excluding carboxylic acids is 2. The number of hydrogen-bond donors (Lipinski definition) is 0. The molecule has 32 heavy (non-hydrogen) atoms. The molecule has 2 amide bonds. The van der Waals surface area contributed by atoms with Crippen LogP contribution in [0.5, 0.6) is 0 Å². The number of hydrogen-bond acceptors (Lipinski definition) is 3. The Kier molecular flexibility index (Phi) is 6.25. The topological polar surface area (TPSA) is 53.5 Å². The molecule has 5 nitrogen and oxygen atoms in total. The Morgan fingerprint density at radius 1 is 1.03 bits per heavy atom. The SMILES string of the molecule is CN1CCN(C(=O)Cc2ccccn2)C(Cc2ccccc2-c2cc(F)cc(F)c2)C1=O. The monoisotopic (exact) mass is 435 g/mol. The van der Waals surface area contributed by atoms with Crippen LogP contribution in [0.1, 0.15) is 11.3 Å². The highest BCUT2D eigenvalue weighted by atomic mass is 19.1. The summed E-state index contributed by atoms with van der Waals surface area (Å²) in [6.45, 7) is 0.857. The second kappa shape index (κ2) is 9.26. The highest BCUT2D eigenvalue weighted by Gasteiger charge is 2.36. The van der Waals surface area contributed by atoms with Gasteiger partial charge in [-0.3, -0.25) is 14.6 Å². The van der Waals surface area contributed by atoms with Crippen LogP contribution in [-0.4, -0.2) is 52.8 Å². The van der Waals surface area contributed by atoms with Crippen molar-refractivity contribution in [1.82, 2.24) is 14.8 Å². The van der Waals surface area contributed by atoms with Crippen LogP contribution in [0.15, 0.2) is 66.9 Å². The number of nitrogens with zero attached hydrogens (tertiary/aromatic N) is 3. The van der Waals surface area contributed by atoms with Gasteiger partial charge in [0.05, 0.1) is 6.42 Å². The molecule has 2 aromatic carbocycles. The molecule has 0 spiro atoms. The van der Waals surface area contributed by atoms with Crippen molar-refractivity contribution in [3.8, 4) is 11.1 Å². The standard InChI is InChI=1S/C25H23F2N3O2/c1-29-10-11-30(24(31)16-21-7-4-5-9-28-21)23(25(29)32)14-17-6-2-3-8-22(17)18-12-19(26)15-20(27)13-18/h2-9,12-13,15,23H,10-11,14,16H2,1H3. The average Bonchev–Trinajstić information content (AvgIpc) is 2.77. The van der Waals surface area contributed by atoms with Crippen molar-refractivity contribution in [2.45, 2.75) is 18.9 Å². The number of amides is 2. The maximum atomic E-state index is 13.8. The Morgan fingerprint density at radius 2 is 1.75 bits per heavy atom. The smallest absolute Gasteiger partial charge is 0.245 e. The minimum Gasteiger partial charge on any atom is -0.342 e. The summed E-state index contributed by atoms with van der Waals surface area (Å²) in [4.78, 5) is 33.6. The van der Waals surface area contributed by atoms with Gasteiger partial charge in [0.2, 0.25) is 11.8 Å². The van der Waals surface area contributed by atoms with Crippen molar-refractivity contribution in [3.05, 3.63) is 89.8 Å². The molecule has 1 aromatic heterocycles. The van der Waals surface area contributed by atoms with E-state index in [0.29, 0.717) is 29.9 Å². The van der Waals surface area contributed by atoms with Gasteiger partial charge >= 0.3 is 0 Å². The van der Waals surface area contributed by atoms with Gasteiger partial charge in [-0.1, -0.05) is 30.3 Å². The van der Waals surface area contributed by atoms with E-state index in [2.05, 4.69) is 4.98 Å². The fourth-order valence-corrected chi connectivity index (χ4v) is 4.06. The van der Waals surface area contributed by atoms with Crippen LogP contribution in [0.25, 0.3) is 11.1 Å². The highest BCUT2D eigenvalue weighted by Crippen LogP contribution is 2.28. The molecule has 0 aliphatic carbocycles. The molecule has 0 bridgehead atoms. The van der Waals surface area contributed by atoms with Crippen molar-refractivity contribution in [2.75, 3.05) is 20.1 Å². The maximum Gasteiger partial charge on any atom is 0.245 e. The minimum absolute atomic E-state index is 0.102. The second-order valence-corrected chi connectivity index (χ2v) is 7.88. The fraction of sp³-hybridized carbons (Fsp3) is 0.240. The molecule has 2 heterocycles. The fourth-order valence-electron chi connectivity index (χ4n) is 4.06. The maximum absolute atomic E-state index is 13.8. The van der Waals surface area contributed by atoms with Gasteiger partial charge in [0.1, 0.15) is 17.7 Å². The zero-order chi connectivity index (χ0) is 22.7. The number of likely N-dealkylation sites (N-methyl/N-ethyl adjacent to an activating group) is 1. The molecular formula is C25H23F2N3O2. The Labute approximate surface area is 185 Å². The third-order valence-corrected chi connectivity index (χ3v) is 5.70. The summed E-state index contributed by atoms with van der Waals surface area (Å²) < 4.78 is 27.7. The van der Waals surface area contributed by atoms with Crippen LogP contribution in [0.4, 0.5) is 8.78 Å². The highest BCUT2D eigenvalue weighted by molar-refractivity contribution is 5.90. The van der Waals surface area contributed by atoms with Gasteiger partial charge in [-0.15, -0.1) is 0 Å². The van der Waals surface area contributed by atoms with Crippen LogP contribution in [0, 0.1) is 11.6 Å². The summed E-state index contributed by atoms with van der Waals surface area (Å²) >= 11 is 0. The molecule has 0 radical (unpaired) electrons. The first-order chi connectivity index (χ1) is 15.4. The van der Waals surface area contributed by atoms with Crippen molar-refractivity contribution in [1.29, 1.82) is 0 Å². The molecule has 7 heteroatoms. The summed E-state index contributed by atoms with van der Waals surface area (Å²) in [5.41, 5.74) is 2.39. The molecule has 1 fully saturated rings. The Bertz CT molecular complexity index is 1120. The van der Waals surface area contributed by atoms with E-state index in [9.17, 15) is 18.4 Å². The first-order valence-corrected chi connectivity index (χ1v) is 10.4. The predicted octanol–water partition coefficient (Wildman–Crippen LogP) is 3.48. The van der Waals surface area contributed by atoms with E-state index in [4.69, 9.17) is 0 Å². The van der Waals surface area contributed by atoms with Crippen LogP contribution in [-0.2, 0) is 22.4 Å². The predicted molar refractivity (Wildman–Crippen MR) is 117 cm³/mol. The van der Waals surface area contributed by atoms with E-state index in [1.165, 1.54) is 12.1 Å². The van der Waals surface area contributed by atoms with E-state index >= 15 is 0 Å². The largest absolute Gasteiger partial charge is 0.342 e. The van der Waals surface area contributed by atoms with Crippen molar-refractivity contribution < 1.29 is 18.4 Å². The van der Waals surface area contributed by atoms with Gasteiger partial charge in [0.25, 0.3) is 0 Å². The van der Waals surface area contributed by atoms with Crippen molar-refractivity contribution >= 4 is 11.8 Å². The van der Waals surface area contributed by atoms with Crippen LogP contribution < -0.4 is 0 Å². The molecule has 1 unspecified atom stereocenters. The van der Waals surface area contributed by atoms with Crippen molar-refractivity contribution in [2.24, 2.45) is 0 Å². The number of aromatic nitrogens is 1. The first kappa shape index (κ1) is 21.6. The Balaban J connectivity index is 1.64. The molecule has 0 N–H and O–H groups in total. The summed E-state index contributed by atoms with van der Waals surface area (Å²) in [6, 6.07) is 15.2.